The van der Waals surface area contributed by atoms with Gasteiger partial charge >= 0.3 is 0 Å². The Labute approximate surface area is 116 Å². The molecule has 2 aromatic rings. The van der Waals surface area contributed by atoms with Gasteiger partial charge in [0, 0.05) is 24.5 Å². The van der Waals surface area contributed by atoms with Gasteiger partial charge in [0.25, 0.3) is 0 Å². The Morgan fingerprint density at radius 1 is 1.37 bits per heavy atom. The zero-order valence-electron chi connectivity index (χ0n) is 10.9. The van der Waals surface area contributed by atoms with Crippen LogP contribution >= 0.6 is 11.8 Å². The highest BCUT2D eigenvalue weighted by molar-refractivity contribution is 8.00. The number of nitrogens with zero attached hydrogens (tertiary/aromatic N) is 5. The maximum absolute atomic E-state index is 8.90. The van der Waals surface area contributed by atoms with Crippen molar-refractivity contribution in [2.24, 2.45) is 0 Å². The number of thioether (sulfide) groups is 1. The van der Waals surface area contributed by atoms with Crippen molar-refractivity contribution < 1.29 is 0 Å². The molecule has 19 heavy (non-hydrogen) atoms. The molecule has 98 valence electrons. The van der Waals surface area contributed by atoms with Crippen LogP contribution in [0.25, 0.3) is 11.4 Å². The minimum Gasteiger partial charge on any atom is -0.302 e. The first kappa shape index (κ1) is 13.6. The van der Waals surface area contributed by atoms with E-state index in [-0.39, 0.29) is 5.25 Å². The number of rotatable bonds is 5. The summed E-state index contributed by atoms with van der Waals surface area (Å²) in [6.45, 7) is 4.81. The minimum absolute atomic E-state index is 0.134. The number of pyridine rings is 1. The largest absolute Gasteiger partial charge is 0.302 e. The molecule has 0 saturated carbocycles. The molecule has 0 aliphatic heterocycles. The summed E-state index contributed by atoms with van der Waals surface area (Å²) in [5.74, 6) is 0.830. The Kier molecular flexibility index (Phi) is 4.53. The number of hydrogen-bond donors (Lipinski definition) is 0. The SMILES string of the molecule is CCCn1c(SC(C)C#N)nnc1-c1ccncc1. The molecule has 0 aromatic carbocycles. The highest BCUT2D eigenvalue weighted by Crippen LogP contribution is 2.26. The fourth-order valence-corrected chi connectivity index (χ4v) is 2.46. The van der Waals surface area contributed by atoms with E-state index in [1.54, 1.807) is 12.4 Å². The summed E-state index contributed by atoms with van der Waals surface area (Å²) in [6, 6.07) is 6.03. The summed E-state index contributed by atoms with van der Waals surface area (Å²) in [6.07, 6.45) is 4.47. The second-order valence-electron chi connectivity index (χ2n) is 4.08. The quantitative estimate of drug-likeness (QED) is 0.784. The Hall–Kier alpha value is -1.87. The van der Waals surface area contributed by atoms with Gasteiger partial charge in [-0.2, -0.15) is 5.26 Å². The molecule has 0 bridgehead atoms. The first-order valence-electron chi connectivity index (χ1n) is 6.16. The van der Waals surface area contributed by atoms with Gasteiger partial charge in [0.05, 0.1) is 11.3 Å². The molecule has 0 aliphatic rings. The smallest absolute Gasteiger partial charge is 0.192 e. The second kappa shape index (κ2) is 6.34. The predicted octanol–water partition coefficient (Wildman–Crippen LogP) is 2.75. The molecule has 0 aliphatic carbocycles. The van der Waals surface area contributed by atoms with Crippen molar-refractivity contribution in [3.63, 3.8) is 0 Å². The zero-order chi connectivity index (χ0) is 13.7. The van der Waals surface area contributed by atoms with Gasteiger partial charge in [-0.1, -0.05) is 18.7 Å². The summed E-state index contributed by atoms with van der Waals surface area (Å²) in [5.41, 5.74) is 0.993. The maximum Gasteiger partial charge on any atom is 0.192 e. The van der Waals surface area contributed by atoms with Crippen molar-refractivity contribution in [1.29, 1.82) is 5.26 Å². The first-order chi connectivity index (χ1) is 9.26. The van der Waals surface area contributed by atoms with Crippen LogP contribution in [0.15, 0.2) is 29.7 Å². The van der Waals surface area contributed by atoms with Gasteiger partial charge in [-0.05, 0) is 25.5 Å². The van der Waals surface area contributed by atoms with Crippen LogP contribution in [-0.2, 0) is 6.54 Å². The van der Waals surface area contributed by atoms with Gasteiger partial charge in [0.2, 0.25) is 0 Å². The lowest BCUT2D eigenvalue weighted by molar-refractivity contribution is 0.626. The van der Waals surface area contributed by atoms with Crippen molar-refractivity contribution in [3.05, 3.63) is 24.5 Å². The van der Waals surface area contributed by atoms with Crippen molar-refractivity contribution in [1.82, 2.24) is 19.7 Å². The minimum atomic E-state index is -0.134. The molecule has 2 heterocycles. The lowest BCUT2D eigenvalue weighted by Gasteiger charge is -2.09. The molecule has 5 nitrogen and oxygen atoms in total. The van der Waals surface area contributed by atoms with E-state index in [9.17, 15) is 0 Å². The fourth-order valence-electron chi connectivity index (χ4n) is 1.70. The van der Waals surface area contributed by atoms with Crippen LogP contribution in [0.5, 0.6) is 0 Å². The van der Waals surface area contributed by atoms with Crippen LogP contribution < -0.4 is 0 Å². The first-order valence-corrected chi connectivity index (χ1v) is 7.04. The molecule has 0 fully saturated rings. The molecule has 2 aromatic heterocycles. The van der Waals surface area contributed by atoms with E-state index in [1.165, 1.54) is 11.8 Å². The topological polar surface area (TPSA) is 67.4 Å². The van der Waals surface area contributed by atoms with Crippen molar-refractivity contribution in [2.75, 3.05) is 0 Å². The third-order valence-electron chi connectivity index (χ3n) is 2.57. The molecular formula is C13H15N5S. The molecule has 0 spiro atoms. The predicted molar refractivity (Wildman–Crippen MR) is 74.5 cm³/mol. The number of aromatic nitrogens is 4. The second-order valence-corrected chi connectivity index (χ2v) is 5.39. The number of hydrogen-bond acceptors (Lipinski definition) is 5. The Morgan fingerprint density at radius 2 is 2.11 bits per heavy atom. The number of nitriles is 1. The molecule has 6 heteroatoms. The Balaban J connectivity index is 2.37. The van der Waals surface area contributed by atoms with Crippen molar-refractivity contribution in [2.45, 2.75) is 37.2 Å². The monoisotopic (exact) mass is 273 g/mol. The molecular weight excluding hydrogens is 258 g/mol. The molecule has 0 radical (unpaired) electrons. The van der Waals surface area contributed by atoms with Gasteiger partial charge in [-0.3, -0.25) is 4.98 Å². The summed E-state index contributed by atoms with van der Waals surface area (Å²) < 4.78 is 2.06. The summed E-state index contributed by atoms with van der Waals surface area (Å²) >= 11 is 1.44. The normalized spacial score (nSPS) is 12.1. The van der Waals surface area contributed by atoms with E-state index in [0.29, 0.717) is 0 Å². The van der Waals surface area contributed by atoms with Crippen LogP contribution in [0.2, 0.25) is 0 Å². The summed E-state index contributed by atoms with van der Waals surface area (Å²) in [7, 11) is 0. The molecule has 2 rings (SSSR count). The van der Waals surface area contributed by atoms with Gasteiger partial charge < -0.3 is 4.57 Å². The molecule has 0 saturated heterocycles. The van der Waals surface area contributed by atoms with Crippen LogP contribution in [0.1, 0.15) is 20.3 Å². The van der Waals surface area contributed by atoms with Crippen LogP contribution in [-0.4, -0.2) is 25.0 Å². The Bertz CT molecular complexity index is 572. The van der Waals surface area contributed by atoms with E-state index in [4.69, 9.17) is 5.26 Å². The van der Waals surface area contributed by atoms with Gasteiger partial charge in [0.1, 0.15) is 0 Å². The van der Waals surface area contributed by atoms with Crippen LogP contribution in [0.4, 0.5) is 0 Å². The van der Waals surface area contributed by atoms with Crippen molar-refractivity contribution >= 4 is 11.8 Å². The van der Waals surface area contributed by atoms with E-state index in [1.807, 2.05) is 19.1 Å². The average Bonchev–Trinajstić information content (AvgIpc) is 2.83. The molecule has 1 unspecified atom stereocenters. The summed E-state index contributed by atoms with van der Waals surface area (Å²) in [5, 5.41) is 18.0. The molecule has 0 amide bonds. The third-order valence-corrected chi connectivity index (χ3v) is 3.54. The highest BCUT2D eigenvalue weighted by Gasteiger charge is 2.15. The lowest BCUT2D eigenvalue weighted by Crippen LogP contribution is -2.03. The maximum atomic E-state index is 8.90. The van der Waals surface area contributed by atoms with Gasteiger partial charge in [0.15, 0.2) is 11.0 Å². The zero-order valence-corrected chi connectivity index (χ0v) is 11.8. The van der Waals surface area contributed by atoms with E-state index in [0.717, 1.165) is 29.5 Å². The van der Waals surface area contributed by atoms with Crippen LogP contribution in [0, 0.1) is 11.3 Å². The standard InChI is InChI=1S/C13H15N5S/c1-3-8-18-12(11-4-6-15-7-5-11)16-17-13(18)19-10(2)9-14/h4-7,10H,3,8H2,1-2H3. The average molecular weight is 273 g/mol. The van der Waals surface area contributed by atoms with Gasteiger partial charge in [-0.15, -0.1) is 10.2 Å². The van der Waals surface area contributed by atoms with Gasteiger partial charge in [-0.25, -0.2) is 0 Å². The van der Waals surface area contributed by atoms with E-state index < -0.39 is 0 Å². The fraction of sp³-hybridized carbons (Fsp3) is 0.385. The molecule has 0 N–H and O–H groups in total. The lowest BCUT2D eigenvalue weighted by atomic mass is 10.2. The van der Waals surface area contributed by atoms with E-state index >= 15 is 0 Å². The highest BCUT2D eigenvalue weighted by atomic mass is 32.2. The van der Waals surface area contributed by atoms with Crippen molar-refractivity contribution in [3.8, 4) is 17.5 Å². The van der Waals surface area contributed by atoms with Crippen LogP contribution in [0.3, 0.4) is 0 Å². The Morgan fingerprint density at radius 3 is 2.74 bits per heavy atom. The molecule has 1 atom stereocenters. The summed E-state index contributed by atoms with van der Waals surface area (Å²) in [4.78, 5) is 4.01. The van der Waals surface area contributed by atoms with E-state index in [2.05, 4.69) is 32.7 Å². The third kappa shape index (κ3) is 3.12.